The topological polar surface area (TPSA) is 65.7 Å². The van der Waals surface area contributed by atoms with Gasteiger partial charge in [-0.05, 0) is 93.7 Å². The van der Waals surface area contributed by atoms with Gasteiger partial charge in [0.05, 0.1) is 12.4 Å². The predicted octanol–water partition coefficient (Wildman–Crippen LogP) is 5.34. The van der Waals surface area contributed by atoms with E-state index in [4.69, 9.17) is 13.9 Å². The number of allylic oxidation sites excluding steroid dienone is 1. The lowest BCUT2D eigenvalue weighted by Crippen LogP contribution is -2.59. The highest BCUT2D eigenvalue weighted by Crippen LogP contribution is 2.71. The smallest absolute Gasteiger partial charge is 0.226 e. The standard InChI is InChI=1S/C27H34O5/c1-16(28)27-23(31-26(4,32-27)22-6-5-13-30-22)15-21-19-8-7-17-14-18(29)9-11-24(17,2)20(19)10-12-25(21,27)3/h5-6,13-14,19-21,23H,7-12,15H2,1-4H3/t19-,20+,21+,23+,24+,25+,26?,27-/m1/s1. The van der Waals surface area contributed by atoms with Gasteiger partial charge in [-0.3, -0.25) is 9.59 Å². The van der Waals surface area contributed by atoms with Gasteiger partial charge in [0, 0.05) is 11.8 Å². The molecule has 5 heteroatoms. The fourth-order valence-electron chi connectivity index (χ4n) is 8.80. The molecule has 3 saturated carbocycles. The fraction of sp³-hybridized carbons (Fsp3) is 0.704. The maximum atomic E-state index is 13.4. The molecule has 1 saturated heterocycles. The summed E-state index contributed by atoms with van der Waals surface area (Å²) in [6.07, 6.45) is 9.91. The highest BCUT2D eigenvalue weighted by atomic mass is 16.8. The second-order valence-electron chi connectivity index (χ2n) is 11.6. The minimum atomic E-state index is -1.04. The molecular weight excluding hydrogens is 404 g/mol. The van der Waals surface area contributed by atoms with Crippen molar-refractivity contribution in [3.05, 3.63) is 35.8 Å². The number of carbonyl (C=O) groups is 2. The molecule has 6 rings (SSSR count). The third-order valence-corrected chi connectivity index (χ3v) is 10.3. The summed E-state index contributed by atoms with van der Waals surface area (Å²) in [4.78, 5) is 25.5. The van der Waals surface area contributed by atoms with Crippen molar-refractivity contribution in [1.82, 2.24) is 0 Å². The Morgan fingerprint density at radius 2 is 1.91 bits per heavy atom. The first-order valence-electron chi connectivity index (χ1n) is 12.3. The molecule has 8 atom stereocenters. The number of ether oxygens (including phenoxy) is 2. The van der Waals surface area contributed by atoms with Gasteiger partial charge in [-0.1, -0.05) is 19.4 Å². The Balaban J connectivity index is 1.38. The Bertz CT molecular complexity index is 1010. The molecule has 0 amide bonds. The first kappa shape index (κ1) is 20.9. The van der Waals surface area contributed by atoms with Crippen LogP contribution in [0.25, 0.3) is 0 Å². The van der Waals surface area contributed by atoms with Crippen molar-refractivity contribution in [1.29, 1.82) is 0 Å². The SMILES string of the molecule is CC(=O)[C@@]12OC(C)(c3ccco3)O[C@H]1C[C@H]1[C@@H]3CCC4=CC(=O)CC[C@]4(C)[C@H]3CC[C@@]12C. The van der Waals surface area contributed by atoms with Crippen molar-refractivity contribution in [2.24, 2.45) is 28.6 Å². The third-order valence-electron chi connectivity index (χ3n) is 10.3. The van der Waals surface area contributed by atoms with E-state index in [-0.39, 0.29) is 22.7 Å². The van der Waals surface area contributed by atoms with Crippen LogP contribution in [-0.4, -0.2) is 23.3 Å². The zero-order valence-electron chi connectivity index (χ0n) is 19.6. The molecule has 1 unspecified atom stereocenters. The number of Topliss-reactive ketones (excluding diaryl/α,β-unsaturated/α-hetero) is 1. The Kier molecular flexibility index (Phi) is 4.20. The first-order valence-corrected chi connectivity index (χ1v) is 12.3. The summed E-state index contributed by atoms with van der Waals surface area (Å²) in [5.41, 5.74) is 0.278. The second-order valence-corrected chi connectivity index (χ2v) is 11.6. The highest BCUT2D eigenvalue weighted by Gasteiger charge is 2.76. The minimum absolute atomic E-state index is 0.0760. The summed E-state index contributed by atoms with van der Waals surface area (Å²) in [5, 5.41) is 0. The molecular formula is C27H34O5. The van der Waals surface area contributed by atoms with Gasteiger partial charge in [0.2, 0.25) is 5.79 Å². The van der Waals surface area contributed by atoms with Crippen molar-refractivity contribution < 1.29 is 23.5 Å². The summed E-state index contributed by atoms with van der Waals surface area (Å²) in [7, 11) is 0. The maximum absolute atomic E-state index is 13.4. The number of fused-ring (bicyclic) bond motifs is 7. The molecule has 5 aliphatic rings. The van der Waals surface area contributed by atoms with E-state index >= 15 is 0 Å². The van der Waals surface area contributed by atoms with Crippen molar-refractivity contribution in [2.45, 2.75) is 90.1 Å². The van der Waals surface area contributed by atoms with Crippen molar-refractivity contribution in [2.75, 3.05) is 0 Å². The summed E-state index contributed by atoms with van der Waals surface area (Å²) in [5.74, 6) is 1.43. The van der Waals surface area contributed by atoms with Gasteiger partial charge in [0.15, 0.2) is 22.9 Å². The molecule has 1 aliphatic heterocycles. The summed E-state index contributed by atoms with van der Waals surface area (Å²) in [6.45, 7) is 8.24. The van der Waals surface area contributed by atoms with Crippen LogP contribution in [0.5, 0.6) is 0 Å². The molecule has 172 valence electrons. The monoisotopic (exact) mass is 438 g/mol. The molecule has 2 heterocycles. The summed E-state index contributed by atoms with van der Waals surface area (Å²) >= 11 is 0. The lowest BCUT2D eigenvalue weighted by atomic mass is 9.46. The molecule has 0 spiro atoms. The van der Waals surface area contributed by atoms with E-state index in [1.807, 2.05) is 25.1 Å². The lowest BCUT2D eigenvalue weighted by molar-refractivity contribution is -0.234. The first-order chi connectivity index (χ1) is 15.1. The van der Waals surface area contributed by atoms with Crippen LogP contribution < -0.4 is 0 Å². The average molecular weight is 439 g/mol. The van der Waals surface area contributed by atoms with Gasteiger partial charge in [-0.25, -0.2) is 0 Å². The zero-order chi connectivity index (χ0) is 22.5. The molecule has 0 N–H and O–H groups in total. The van der Waals surface area contributed by atoms with E-state index < -0.39 is 11.4 Å². The Morgan fingerprint density at radius 1 is 1.09 bits per heavy atom. The minimum Gasteiger partial charge on any atom is -0.464 e. The van der Waals surface area contributed by atoms with Gasteiger partial charge < -0.3 is 13.9 Å². The number of furan rings is 1. The van der Waals surface area contributed by atoms with Crippen LogP contribution in [0, 0.1) is 28.6 Å². The average Bonchev–Trinajstić information content (AvgIpc) is 3.43. The largest absolute Gasteiger partial charge is 0.464 e. The number of hydrogen-bond donors (Lipinski definition) is 0. The second kappa shape index (κ2) is 6.44. The van der Waals surface area contributed by atoms with Crippen molar-refractivity contribution >= 4 is 11.6 Å². The van der Waals surface area contributed by atoms with Gasteiger partial charge in [-0.15, -0.1) is 0 Å². The molecule has 5 nitrogen and oxygen atoms in total. The van der Waals surface area contributed by atoms with E-state index in [1.165, 1.54) is 5.57 Å². The van der Waals surface area contributed by atoms with Crippen LogP contribution in [0.4, 0.5) is 0 Å². The van der Waals surface area contributed by atoms with Crippen molar-refractivity contribution in [3.8, 4) is 0 Å². The maximum Gasteiger partial charge on any atom is 0.226 e. The molecule has 0 radical (unpaired) electrons. The molecule has 1 aromatic rings. The molecule has 4 fully saturated rings. The van der Waals surface area contributed by atoms with E-state index in [2.05, 4.69) is 13.8 Å². The van der Waals surface area contributed by atoms with Crippen LogP contribution >= 0.6 is 0 Å². The van der Waals surface area contributed by atoms with Gasteiger partial charge in [0.1, 0.15) is 0 Å². The molecule has 0 aromatic carbocycles. The summed E-state index contributed by atoms with van der Waals surface area (Å²) < 4.78 is 19.0. The van der Waals surface area contributed by atoms with Gasteiger partial charge in [0.25, 0.3) is 0 Å². The predicted molar refractivity (Wildman–Crippen MR) is 118 cm³/mol. The molecule has 1 aromatic heterocycles. The molecule has 4 aliphatic carbocycles. The van der Waals surface area contributed by atoms with Crippen molar-refractivity contribution in [3.63, 3.8) is 0 Å². The van der Waals surface area contributed by atoms with Crippen LogP contribution in [0.1, 0.15) is 78.4 Å². The molecule has 0 bridgehead atoms. The lowest BCUT2D eigenvalue weighted by Gasteiger charge is -2.59. The quantitative estimate of drug-likeness (QED) is 0.624. The number of carbonyl (C=O) groups excluding carboxylic acids is 2. The number of ketones is 2. The third kappa shape index (κ3) is 2.37. The van der Waals surface area contributed by atoms with Gasteiger partial charge >= 0.3 is 0 Å². The number of rotatable bonds is 2. The Morgan fingerprint density at radius 3 is 2.62 bits per heavy atom. The van der Waals surface area contributed by atoms with Crippen LogP contribution in [0.3, 0.4) is 0 Å². The van der Waals surface area contributed by atoms with E-state index in [0.29, 0.717) is 35.7 Å². The van der Waals surface area contributed by atoms with E-state index in [0.717, 1.165) is 38.5 Å². The Hall–Kier alpha value is -1.72. The van der Waals surface area contributed by atoms with E-state index in [1.54, 1.807) is 13.2 Å². The van der Waals surface area contributed by atoms with Gasteiger partial charge in [-0.2, -0.15) is 0 Å². The van der Waals surface area contributed by atoms with Crippen LogP contribution in [-0.2, 0) is 24.8 Å². The normalized spacial score (nSPS) is 49.6. The van der Waals surface area contributed by atoms with E-state index in [9.17, 15) is 9.59 Å². The Labute approximate surface area is 189 Å². The zero-order valence-corrected chi connectivity index (χ0v) is 19.6. The fourth-order valence-corrected chi connectivity index (χ4v) is 8.80. The van der Waals surface area contributed by atoms with Crippen LogP contribution in [0.2, 0.25) is 0 Å². The van der Waals surface area contributed by atoms with Crippen LogP contribution in [0.15, 0.2) is 34.5 Å². The summed E-state index contributed by atoms with van der Waals surface area (Å²) in [6, 6.07) is 3.70. The molecule has 32 heavy (non-hydrogen) atoms. The highest BCUT2D eigenvalue weighted by molar-refractivity contribution is 5.91. The number of hydrogen-bond acceptors (Lipinski definition) is 5.